The highest BCUT2D eigenvalue weighted by Gasteiger charge is 2.29. The van der Waals surface area contributed by atoms with Crippen LogP contribution in [0.2, 0.25) is 0 Å². The van der Waals surface area contributed by atoms with Crippen LogP contribution >= 0.6 is 0 Å². The Kier molecular flexibility index (Phi) is 2.24. The number of nitrogens with zero attached hydrogens (tertiary/aromatic N) is 1. The van der Waals surface area contributed by atoms with Crippen LogP contribution in [0.4, 0.5) is 4.79 Å². The highest BCUT2D eigenvalue weighted by Crippen LogP contribution is 1.97. The van der Waals surface area contributed by atoms with Gasteiger partial charge in [-0.05, 0) is 0 Å². The van der Waals surface area contributed by atoms with Gasteiger partial charge < -0.3 is 5.32 Å². The summed E-state index contributed by atoms with van der Waals surface area (Å²) in [6.45, 7) is -0.557. The van der Waals surface area contributed by atoms with Crippen LogP contribution in [-0.4, -0.2) is 41.0 Å². The van der Waals surface area contributed by atoms with Crippen LogP contribution in [0.15, 0.2) is 0 Å². The Hall–Kier alpha value is -1.63. The molecule has 0 spiro atoms. The van der Waals surface area contributed by atoms with Crippen molar-refractivity contribution in [3.05, 3.63) is 0 Å². The molecule has 1 rings (SSSR count). The molecule has 0 saturated carbocycles. The summed E-state index contributed by atoms with van der Waals surface area (Å²) in [5, 5.41) is 10.3. The summed E-state index contributed by atoms with van der Waals surface area (Å²) in [6.07, 6.45) is 0. The molecule has 66 valence electrons. The van der Waals surface area contributed by atoms with E-state index in [2.05, 4.69) is 5.32 Å². The van der Waals surface area contributed by atoms with E-state index in [1.807, 2.05) is 0 Å². The summed E-state index contributed by atoms with van der Waals surface area (Å²) in [5.41, 5.74) is 1.32. The molecular weight excluding hydrogens is 166 g/mol. The van der Waals surface area contributed by atoms with E-state index >= 15 is 0 Å². The topological polar surface area (TPSA) is 98.7 Å². The summed E-state index contributed by atoms with van der Waals surface area (Å²) < 4.78 is 0. The first-order valence-electron chi connectivity index (χ1n) is 3.16. The Morgan fingerprint density at radius 3 is 2.75 bits per heavy atom. The lowest BCUT2D eigenvalue weighted by atomic mass is 10.5. The van der Waals surface area contributed by atoms with Gasteiger partial charge in [-0.3, -0.25) is 19.7 Å². The summed E-state index contributed by atoms with van der Waals surface area (Å²) in [7, 11) is 0. The fourth-order valence-corrected chi connectivity index (χ4v) is 0.794. The van der Waals surface area contributed by atoms with E-state index in [-0.39, 0.29) is 6.54 Å². The standard InChI is InChI=1S/C5H7N3O4/c9-3(7-12)2-8-4(10)1-6-5(8)11/h12H,1-2H2,(H,6,11)(H,7,9). The van der Waals surface area contributed by atoms with Crippen molar-refractivity contribution < 1.29 is 19.6 Å². The maximum Gasteiger partial charge on any atom is 0.325 e. The molecule has 0 radical (unpaired) electrons. The van der Waals surface area contributed by atoms with Crippen LogP contribution in [-0.2, 0) is 9.59 Å². The molecule has 1 saturated heterocycles. The van der Waals surface area contributed by atoms with Gasteiger partial charge in [0.2, 0.25) is 0 Å². The molecule has 1 aliphatic heterocycles. The van der Waals surface area contributed by atoms with Crippen LogP contribution in [0, 0.1) is 0 Å². The van der Waals surface area contributed by atoms with Gasteiger partial charge in [0.15, 0.2) is 0 Å². The van der Waals surface area contributed by atoms with Crippen LogP contribution in [0.5, 0.6) is 0 Å². The van der Waals surface area contributed by atoms with E-state index in [1.165, 1.54) is 5.48 Å². The molecule has 0 aromatic rings. The third kappa shape index (κ3) is 1.51. The predicted molar refractivity (Wildman–Crippen MR) is 35.0 cm³/mol. The fraction of sp³-hybridized carbons (Fsp3) is 0.400. The summed E-state index contributed by atoms with van der Waals surface area (Å²) in [6, 6.07) is -0.622. The highest BCUT2D eigenvalue weighted by molar-refractivity contribution is 6.04. The molecule has 4 amide bonds. The average molecular weight is 173 g/mol. The predicted octanol–water partition coefficient (Wildman–Crippen LogP) is -1.96. The highest BCUT2D eigenvalue weighted by atomic mass is 16.5. The maximum atomic E-state index is 10.8. The summed E-state index contributed by atoms with van der Waals surface area (Å²) in [4.78, 5) is 32.8. The zero-order valence-electron chi connectivity index (χ0n) is 6.03. The summed E-state index contributed by atoms with van der Waals surface area (Å²) >= 11 is 0. The minimum Gasteiger partial charge on any atom is -0.329 e. The maximum absolute atomic E-state index is 10.8. The molecule has 3 N–H and O–H groups in total. The van der Waals surface area contributed by atoms with Crippen molar-refractivity contribution in [1.29, 1.82) is 0 Å². The first-order valence-corrected chi connectivity index (χ1v) is 3.16. The molecule has 12 heavy (non-hydrogen) atoms. The van der Waals surface area contributed by atoms with Crippen molar-refractivity contribution in [2.24, 2.45) is 0 Å². The molecule has 0 aliphatic carbocycles. The zero-order valence-corrected chi connectivity index (χ0v) is 6.03. The lowest BCUT2D eigenvalue weighted by molar-refractivity contribution is -0.134. The Morgan fingerprint density at radius 1 is 1.67 bits per heavy atom. The Morgan fingerprint density at radius 2 is 2.33 bits per heavy atom. The zero-order chi connectivity index (χ0) is 9.14. The Labute approximate surface area is 67.3 Å². The van der Waals surface area contributed by atoms with Gasteiger partial charge >= 0.3 is 6.03 Å². The van der Waals surface area contributed by atoms with Gasteiger partial charge in [-0.15, -0.1) is 0 Å². The number of urea groups is 1. The Bertz CT molecular complexity index is 223. The van der Waals surface area contributed by atoms with E-state index in [1.54, 1.807) is 0 Å². The fourth-order valence-electron chi connectivity index (χ4n) is 0.794. The number of hydroxylamine groups is 1. The smallest absolute Gasteiger partial charge is 0.325 e. The van der Waals surface area contributed by atoms with Crippen molar-refractivity contribution in [2.75, 3.05) is 13.1 Å². The number of rotatable bonds is 2. The van der Waals surface area contributed by atoms with Gasteiger partial charge in [-0.2, -0.15) is 0 Å². The first kappa shape index (κ1) is 8.47. The van der Waals surface area contributed by atoms with Gasteiger partial charge in [0.05, 0.1) is 6.54 Å². The van der Waals surface area contributed by atoms with E-state index in [0.29, 0.717) is 4.90 Å². The van der Waals surface area contributed by atoms with Crippen LogP contribution < -0.4 is 10.8 Å². The van der Waals surface area contributed by atoms with Crippen molar-refractivity contribution in [3.63, 3.8) is 0 Å². The van der Waals surface area contributed by atoms with E-state index in [0.717, 1.165) is 0 Å². The van der Waals surface area contributed by atoms with Crippen molar-refractivity contribution in [1.82, 2.24) is 15.7 Å². The molecule has 1 aliphatic rings. The lowest BCUT2D eigenvalue weighted by Crippen LogP contribution is -2.39. The van der Waals surface area contributed by atoms with Gasteiger partial charge in [0, 0.05) is 0 Å². The van der Waals surface area contributed by atoms with Crippen molar-refractivity contribution in [3.8, 4) is 0 Å². The number of hydrogen-bond donors (Lipinski definition) is 3. The molecule has 1 fully saturated rings. The number of carbonyl (C=O) groups is 3. The number of amides is 4. The molecule has 0 bridgehead atoms. The van der Waals surface area contributed by atoms with Crippen LogP contribution in [0.1, 0.15) is 0 Å². The number of nitrogens with one attached hydrogen (secondary N) is 2. The normalized spacial score (nSPS) is 16.2. The molecule has 0 unspecified atom stereocenters. The number of hydrogen-bond acceptors (Lipinski definition) is 4. The number of carbonyl (C=O) groups excluding carboxylic acids is 3. The second kappa shape index (κ2) is 3.18. The molecule has 1 heterocycles. The molecule has 7 nitrogen and oxygen atoms in total. The minimum atomic E-state index is -0.805. The number of imide groups is 1. The van der Waals surface area contributed by atoms with Crippen molar-refractivity contribution >= 4 is 17.8 Å². The second-order valence-corrected chi connectivity index (χ2v) is 2.17. The van der Waals surface area contributed by atoms with Crippen LogP contribution in [0.3, 0.4) is 0 Å². The van der Waals surface area contributed by atoms with Crippen molar-refractivity contribution in [2.45, 2.75) is 0 Å². The third-order valence-electron chi connectivity index (χ3n) is 1.36. The third-order valence-corrected chi connectivity index (χ3v) is 1.36. The van der Waals surface area contributed by atoms with Gasteiger partial charge in [-0.1, -0.05) is 0 Å². The largest absolute Gasteiger partial charge is 0.329 e. The van der Waals surface area contributed by atoms with Gasteiger partial charge in [0.25, 0.3) is 11.8 Å². The molecule has 7 heteroatoms. The molecule has 0 aromatic carbocycles. The van der Waals surface area contributed by atoms with Crippen LogP contribution in [0.25, 0.3) is 0 Å². The quantitative estimate of drug-likeness (QED) is 0.256. The lowest BCUT2D eigenvalue weighted by Gasteiger charge is -2.09. The average Bonchev–Trinajstić information content (AvgIpc) is 2.35. The molecule has 0 atom stereocenters. The monoisotopic (exact) mass is 173 g/mol. The molecular formula is C5H7N3O4. The van der Waals surface area contributed by atoms with Gasteiger partial charge in [-0.25, -0.2) is 10.3 Å². The minimum absolute atomic E-state index is 0.0997. The molecule has 0 aromatic heterocycles. The summed E-state index contributed by atoms with van der Waals surface area (Å²) in [5.74, 6) is -1.29. The second-order valence-electron chi connectivity index (χ2n) is 2.17. The van der Waals surface area contributed by atoms with E-state index in [4.69, 9.17) is 5.21 Å². The SMILES string of the molecule is O=C(CN1C(=O)CNC1=O)NO. The van der Waals surface area contributed by atoms with Gasteiger partial charge in [0.1, 0.15) is 6.54 Å². The first-order chi connectivity index (χ1) is 5.65. The van der Waals surface area contributed by atoms with E-state index in [9.17, 15) is 14.4 Å². The Balaban J connectivity index is 2.56. The van der Waals surface area contributed by atoms with E-state index < -0.39 is 24.4 Å².